The van der Waals surface area contributed by atoms with E-state index in [-0.39, 0.29) is 24.2 Å². The van der Waals surface area contributed by atoms with Gasteiger partial charge in [0.05, 0.1) is 35.9 Å². The third-order valence-corrected chi connectivity index (χ3v) is 5.55. The molecule has 182 valence electrons. The van der Waals surface area contributed by atoms with Crippen LogP contribution in [0.25, 0.3) is 17.5 Å². The first-order valence-corrected chi connectivity index (χ1v) is 11.5. The summed E-state index contributed by atoms with van der Waals surface area (Å²) in [6, 6.07) is 1.86. The Morgan fingerprint density at radius 1 is 1.30 bits per heavy atom. The molecule has 33 heavy (non-hydrogen) atoms. The van der Waals surface area contributed by atoms with Gasteiger partial charge in [-0.2, -0.15) is 12.6 Å². The third-order valence-electron chi connectivity index (χ3n) is 5.55. The summed E-state index contributed by atoms with van der Waals surface area (Å²) in [7, 11) is 0. The fourth-order valence-electron chi connectivity index (χ4n) is 3.90. The lowest BCUT2D eigenvalue weighted by molar-refractivity contribution is 0.0187. The van der Waals surface area contributed by atoms with E-state index in [4.69, 9.17) is 5.41 Å². The van der Waals surface area contributed by atoms with Crippen molar-refractivity contribution in [3.63, 3.8) is 0 Å². The van der Waals surface area contributed by atoms with E-state index in [9.17, 15) is 13.9 Å². The molecular weight excluding hydrogens is 448 g/mol. The number of nitrogens with zero attached hydrogens (tertiary/aromatic N) is 5. The molecule has 3 N–H and O–H groups in total. The van der Waals surface area contributed by atoms with Gasteiger partial charge in [-0.1, -0.05) is 0 Å². The molecule has 1 aliphatic heterocycles. The van der Waals surface area contributed by atoms with Crippen LogP contribution in [0.5, 0.6) is 0 Å². The molecule has 2 unspecified atom stereocenters. The van der Waals surface area contributed by atoms with Crippen LogP contribution in [0.2, 0.25) is 0 Å². The summed E-state index contributed by atoms with van der Waals surface area (Å²) in [5.74, 6) is 1.10. The van der Waals surface area contributed by atoms with Gasteiger partial charge >= 0.3 is 0 Å². The van der Waals surface area contributed by atoms with Gasteiger partial charge in [-0.3, -0.25) is 10.3 Å². The largest absolute Gasteiger partial charge is 0.395 e. The molecule has 1 aliphatic rings. The van der Waals surface area contributed by atoms with Gasteiger partial charge in [-0.05, 0) is 46.1 Å². The highest BCUT2D eigenvalue weighted by atomic mass is 32.1. The lowest BCUT2D eigenvalue weighted by Crippen LogP contribution is -2.64. The van der Waals surface area contributed by atoms with Gasteiger partial charge in [0.25, 0.3) is 6.43 Å². The number of aromatic nitrogens is 4. The summed E-state index contributed by atoms with van der Waals surface area (Å²) in [6.45, 7) is 10.1. The van der Waals surface area contributed by atoms with E-state index in [0.717, 1.165) is 25.0 Å². The quantitative estimate of drug-likeness (QED) is 0.372. The maximum absolute atomic E-state index is 12.5. The molecule has 0 spiro atoms. The first kappa shape index (κ1) is 26.9. The highest BCUT2D eigenvalue weighted by Gasteiger charge is 2.38. The van der Waals surface area contributed by atoms with Gasteiger partial charge in [0.15, 0.2) is 0 Å². The summed E-state index contributed by atoms with van der Waals surface area (Å²) in [5, 5.41) is 17.2. The Bertz CT molecular complexity index is 945. The first-order valence-electron chi connectivity index (χ1n) is 10.6. The van der Waals surface area contributed by atoms with Gasteiger partial charge in [-0.25, -0.2) is 23.7 Å². The Morgan fingerprint density at radius 2 is 2.00 bits per heavy atom. The molecule has 0 aliphatic carbocycles. The number of imidazole rings is 1. The van der Waals surface area contributed by atoms with Crippen LogP contribution in [-0.2, 0) is 0 Å². The van der Waals surface area contributed by atoms with Crippen molar-refractivity contribution in [2.24, 2.45) is 0 Å². The van der Waals surface area contributed by atoms with E-state index < -0.39 is 12.1 Å². The van der Waals surface area contributed by atoms with Crippen molar-refractivity contribution in [1.29, 1.82) is 5.41 Å². The van der Waals surface area contributed by atoms with Crippen molar-refractivity contribution in [1.82, 2.24) is 24.8 Å². The number of anilines is 1. The number of piperazine rings is 1. The zero-order valence-corrected chi connectivity index (χ0v) is 20.5. The maximum Gasteiger partial charge on any atom is 0.279 e. The molecule has 0 radical (unpaired) electrons. The molecule has 3 heterocycles. The number of halogens is 2. The lowest BCUT2D eigenvalue weighted by Gasteiger charge is -2.51. The van der Waals surface area contributed by atoms with Crippen LogP contribution in [0.4, 0.5) is 14.6 Å². The molecule has 0 saturated carbocycles. The first-order chi connectivity index (χ1) is 15.6. The van der Waals surface area contributed by atoms with Crippen LogP contribution in [0, 0.1) is 5.41 Å². The molecular formula is C22H33F2N7OS. The van der Waals surface area contributed by atoms with Gasteiger partial charge in [0, 0.05) is 30.7 Å². The number of thiol groups is 1. The summed E-state index contributed by atoms with van der Waals surface area (Å²) < 4.78 is 24.9. The van der Waals surface area contributed by atoms with E-state index in [1.165, 1.54) is 12.4 Å². The Balaban J connectivity index is 0.00000187. The van der Waals surface area contributed by atoms with Gasteiger partial charge < -0.3 is 15.0 Å². The molecule has 0 amide bonds. The van der Waals surface area contributed by atoms with Crippen molar-refractivity contribution in [3.8, 4) is 11.4 Å². The number of aromatic amines is 1. The number of nitrogens with one attached hydrogen (secondary N) is 2. The van der Waals surface area contributed by atoms with Crippen LogP contribution >= 0.6 is 12.6 Å². The predicted molar refractivity (Wildman–Crippen MR) is 131 cm³/mol. The number of hydrogen-bond donors (Lipinski definition) is 4. The smallest absolute Gasteiger partial charge is 0.279 e. The Hall–Kier alpha value is -2.37. The third kappa shape index (κ3) is 6.58. The molecule has 3 rings (SSSR count). The Labute approximate surface area is 199 Å². The van der Waals surface area contributed by atoms with Crippen molar-refractivity contribution in [3.05, 3.63) is 30.5 Å². The molecule has 0 bridgehead atoms. The molecule has 1 fully saturated rings. The number of hydrogen-bond acceptors (Lipinski definition) is 8. The van der Waals surface area contributed by atoms with E-state index in [0.29, 0.717) is 17.2 Å². The monoisotopic (exact) mass is 481 g/mol. The fraction of sp³-hybridized carbons (Fsp3) is 0.545. The zero-order valence-electron chi connectivity index (χ0n) is 19.6. The number of rotatable bonds is 6. The molecule has 8 nitrogen and oxygen atoms in total. The maximum atomic E-state index is 12.5. The minimum Gasteiger partial charge on any atom is -0.395 e. The Morgan fingerprint density at radius 3 is 2.61 bits per heavy atom. The summed E-state index contributed by atoms with van der Waals surface area (Å²) in [4.78, 5) is 20.4. The standard InChI is InChI=1S/C21H29F2N7O.CH4S/c1-13-17(11-31)30(21(2,3)4)8-7-29(13)19-9-15(26-12-27-19)16-10-25-18(28-16)6-5-14(24)20(22)23;1-2/h5-6,9-10,12-13,17,20,24,31H,7-8,11H2,1-4H3,(H,25,28);2H,1H3/b6-5-,24-14?;. The van der Waals surface area contributed by atoms with E-state index in [1.54, 1.807) is 12.5 Å². The molecule has 2 aromatic heterocycles. The van der Waals surface area contributed by atoms with Crippen LogP contribution < -0.4 is 4.90 Å². The summed E-state index contributed by atoms with van der Waals surface area (Å²) >= 11 is 3.53. The van der Waals surface area contributed by atoms with Gasteiger partial charge in [-0.15, -0.1) is 0 Å². The number of aliphatic hydroxyl groups is 1. The van der Waals surface area contributed by atoms with E-state index >= 15 is 0 Å². The number of alkyl halides is 2. The van der Waals surface area contributed by atoms with E-state index in [1.807, 2.05) is 6.07 Å². The normalized spacial score (nSPS) is 19.6. The zero-order chi connectivity index (χ0) is 24.8. The number of H-pyrrole nitrogens is 1. The fourth-order valence-corrected chi connectivity index (χ4v) is 3.90. The summed E-state index contributed by atoms with van der Waals surface area (Å²) in [5.41, 5.74) is 0.410. The second-order valence-electron chi connectivity index (χ2n) is 8.58. The van der Waals surface area contributed by atoms with Crippen molar-refractivity contribution < 1.29 is 13.9 Å². The highest BCUT2D eigenvalue weighted by Crippen LogP contribution is 2.29. The van der Waals surface area contributed by atoms with Crippen molar-refractivity contribution >= 4 is 30.2 Å². The van der Waals surface area contributed by atoms with Gasteiger partial charge in [0.2, 0.25) is 0 Å². The molecule has 0 aromatic carbocycles. The Kier molecular flexibility index (Phi) is 9.50. The second kappa shape index (κ2) is 11.7. The molecule has 2 atom stereocenters. The lowest BCUT2D eigenvalue weighted by atomic mass is 9.95. The van der Waals surface area contributed by atoms with Crippen molar-refractivity contribution in [2.75, 3.05) is 30.9 Å². The van der Waals surface area contributed by atoms with Crippen molar-refractivity contribution in [2.45, 2.75) is 51.7 Å². The predicted octanol–water partition coefficient (Wildman–Crippen LogP) is 3.38. The van der Waals surface area contributed by atoms with Crippen LogP contribution in [0.15, 0.2) is 24.7 Å². The molecule has 1 saturated heterocycles. The van der Waals surface area contributed by atoms with Crippen LogP contribution in [0.3, 0.4) is 0 Å². The SMILES string of the molecule is CC1C(CO)N(C(C)(C)C)CCN1c1cc(-c2cnc(/C=C\C(=N)C(F)F)[nH]2)ncn1.CS. The number of allylic oxidation sites excluding steroid dienone is 1. The second-order valence-corrected chi connectivity index (χ2v) is 8.58. The minimum atomic E-state index is -2.82. The van der Waals surface area contributed by atoms with E-state index in [2.05, 4.69) is 70.1 Å². The number of aliphatic hydroxyl groups excluding tert-OH is 1. The van der Waals surface area contributed by atoms with Crippen LogP contribution in [0.1, 0.15) is 33.5 Å². The summed E-state index contributed by atoms with van der Waals surface area (Å²) in [6.07, 6.45) is 4.27. The molecule has 11 heteroatoms. The molecule has 2 aromatic rings. The minimum absolute atomic E-state index is 0.0267. The van der Waals surface area contributed by atoms with Gasteiger partial charge in [0.1, 0.15) is 18.0 Å². The average Bonchev–Trinajstić information content (AvgIpc) is 3.27. The highest BCUT2D eigenvalue weighted by molar-refractivity contribution is 7.79. The topological polar surface area (TPSA) is 105 Å². The van der Waals surface area contributed by atoms with Crippen LogP contribution in [-0.4, -0.2) is 85.7 Å². The average molecular weight is 482 g/mol.